The molecule has 0 bridgehead atoms. The number of aryl methyl sites for hydroxylation is 2. The van der Waals surface area contributed by atoms with Crippen LogP contribution in [0.4, 0.5) is 4.79 Å². The molecule has 0 saturated carbocycles. The van der Waals surface area contributed by atoms with Crippen LogP contribution in [0.1, 0.15) is 43.9 Å². The van der Waals surface area contributed by atoms with E-state index in [1.165, 1.54) is 16.7 Å². The molecule has 1 saturated heterocycles. The molecule has 1 aromatic carbocycles. The highest BCUT2D eigenvalue weighted by atomic mass is 16.6. The first-order valence-electron chi connectivity index (χ1n) is 9.19. The van der Waals surface area contributed by atoms with Crippen molar-refractivity contribution in [3.8, 4) is 0 Å². The summed E-state index contributed by atoms with van der Waals surface area (Å²) in [4.78, 5) is 18.5. The van der Waals surface area contributed by atoms with Crippen molar-refractivity contribution in [1.29, 1.82) is 0 Å². The molecule has 1 unspecified atom stereocenters. The molecule has 26 heavy (non-hydrogen) atoms. The van der Waals surface area contributed by atoms with Gasteiger partial charge in [0.1, 0.15) is 5.60 Å². The van der Waals surface area contributed by atoms with E-state index in [0.717, 1.165) is 32.0 Å². The van der Waals surface area contributed by atoms with Crippen LogP contribution in [0.25, 0.3) is 0 Å². The lowest BCUT2D eigenvalue weighted by Crippen LogP contribution is -2.44. The number of amides is 1. The van der Waals surface area contributed by atoms with E-state index < -0.39 is 5.60 Å². The number of benzene rings is 1. The van der Waals surface area contributed by atoms with Crippen molar-refractivity contribution < 1.29 is 9.53 Å². The molecule has 1 aromatic rings. The van der Waals surface area contributed by atoms with Crippen LogP contribution in [0.3, 0.4) is 0 Å². The summed E-state index contributed by atoms with van der Waals surface area (Å²) in [7, 11) is 1.79. The predicted molar refractivity (Wildman–Crippen MR) is 105 cm³/mol. The number of likely N-dealkylation sites (tertiary alicyclic amines) is 1. The minimum Gasteiger partial charge on any atom is -0.444 e. The van der Waals surface area contributed by atoms with Gasteiger partial charge >= 0.3 is 6.09 Å². The molecule has 2 rings (SSSR count). The zero-order valence-corrected chi connectivity index (χ0v) is 16.8. The second-order valence-corrected chi connectivity index (χ2v) is 7.91. The molecule has 0 spiro atoms. The van der Waals surface area contributed by atoms with Crippen LogP contribution >= 0.6 is 0 Å². The number of hydrogen-bond acceptors (Lipinski definition) is 3. The Morgan fingerprint density at radius 2 is 2.08 bits per heavy atom. The Hall–Kier alpha value is -2.24. The molecule has 1 aliphatic heterocycles. The van der Waals surface area contributed by atoms with Crippen molar-refractivity contribution in [1.82, 2.24) is 15.5 Å². The number of carbonyl (C=O) groups excluding carboxylic acids is 1. The van der Waals surface area contributed by atoms with E-state index >= 15 is 0 Å². The third kappa shape index (κ3) is 5.93. The van der Waals surface area contributed by atoms with Crippen molar-refractivity contribution in [2.24, 2.45) is 4.99 Å². The van der Waals surface area contributed by atoms with Crippen LogP contribution in [0, 0.1) is 13.8 Å². The summed E-state index contributed by atoms with van der Waals surface area (Å²) < 4.78 is 5.34. The molecule has 0 aromatic heterocycles. The molecule has 1 heterocycles. The topological polar surface area (TPSA) is 66.0 Å². The van der Waals surface area contributed by atoms with Gasteiger partial charge in [-0.25, -0.2) is 4.79 Å². The molecule has 2 N–H and O–H groups in total. The van der Waals surface area contributed by atoms with Gasteiger partial charge in [-0.05, 0) is 52.2 Å². The van der Waals surface area contributed by atoms with Gasteiger partial charge in [-0.15, -0.1) is 0 Å². The van der Waals surface area contributed by atoms with E-state index in [-0.39, 0.29) is 12.1 Å². The number of ether oxygens (including phenoxy) is 1. The third-order valence-electron chi connectivity index (χ3n) is 4.36. The first kappa shape index (κ1) is 20.1. The lowest BCUT2D eigenvalue weighted by Gasteiger charge is -2.23. The normalized spacial score (nSPS) is 18.0. The van der Waals surface area contributed by atoms with Crippen molar-refractivity contribution in [2.75, 3.05) is 20.1 Å². The van der Waals surface area contributed by atoms with Gasteiger partial charge in [0, 0.05) is 26.7 Å². The highest BCUT2D eigenvalue weighted by molar-refractivity contribution is 5.80. The van der Waals surface area contributed by atoms with Gasteiger partial charge in [0.2, 0.25) is 0 Å². The first-order valence-corrected chi connectivity index (χ1v) is 9.19. The lowest BCUT2D eigenvalue weighted by molar-refractivity contribution is 0.0507. The fourth-order valence-corrected chi connectivity index (χ4v) is 3.10. The maximum Gasteiger partial charge on any atom is 0.407 e. The predicted octanol–water partition coefficient (Wildman–Crippen LogP) is 2.98. The summed E-state index contributed by atoms with van der Waals surface area (Å²) >= 11 is 0. The molecular formula is C20H32N4O2. The number of nitrogens with one attached hydrogen (secondary N) is 2. The Bertz CT molecular complexity index is 664. The molecule has 1 aliphatic rings. The summed E-state index contributed by atoms with van der Waals surface area (Å²) in [6, 6.07) is 6.55. The zero-order chi connectivity index (χ0) is 19.3. The number of rotatable bonds is 3. The smallest absolute Gasteiger partial charge is 0.407 e. The summed E-state index contributed by atoms with van der Waals surface area (Å²) in [5.74, 6) is 0.860. The molecular weight excluding hydrogens is 328 g/mol. The number of guanidine groups is 1. The van der Waals surface area contributed by atoms with Crippen LogP contribution in [0.5, 0.6) is 0 Å². The van der Waals surface area contributed by atoms with Crippen LogP contribution in [-0.4, -0.2) is 48.7 Å². The number of aliphatic imine (C=N–C) groups is 1. The molecule has 6 heteroatoms. The van der Waals surface area contributed by atoms with Crippen molar-refractivity contribution >= 4 is 12.1 Å². The molecule has 0 aliphatic carbocycles. The quantitative estimate of drug-likeness (QED) is 0.642. The summed E-state index contributed by atoms with van der Waals surface area (Å²) in [6.07, 6.45) is 0.520. The Kier molecular flexibility index (Phi) is 6.51. The molecule has 1 fully saturated rings. The monoisotopic (exact) mass is 360 g/mol. The van der Waals surface area contributed by atoms with Gasteiger partial charge in [0.05, 0.1) is 6.04 Å². The minimum atomic E-state index is -0.480. The Labute approximate surface area is 157 Å². The van der Waals surface area contributed by atoms with Crippen molar-refractivity contribution in [2.45, 2.75) is 59.2 Å². The molecule has 1 amide bonds. The number of hydrogen-bond donors (Lipinski definition) is 2. The standard InChI is InChI=1S/C20H32N4O2/c1-14-7-8-16(15(2)11-14)12-22-18(21-6)24-10-9-17(13-24)23-19(25)26-20(3,4)5/h7-8,11,17H,9-10,12-13H2,1-6H3,(H,21,22)(H,23,25). The second-order valence-electron chi connectivity index (χ2n) is 7.91. The van der Waals surface area contributed by atoms with E-state index in [9.17, 15) is 4.79 Å². The zero-order valence-electron chi connectivity index (χ0n) is 16.8. The minimum absolute atomic E-state index is 0.0736. The average Bonchev–Trinajstić information content (AvgIpc) is 2.96. The largest absolute Gasteiger partial charge is 0.444 e. The Morgan fingerprint density at radius 3 is 2.69 bits per heavy atom. The summed E-state index contributed by atoms with van der Waals surface area (Å²) in [5, 5.41) is 6.38. The van der Waals surface area contributed by atoms with Crippen molar-refractivity contribution in [3.05, 3.63) is 34.9 Å². The van der Waals surface area contributed by atoms with Gasteiger partial charge in [-0.3, -0.25) is 4.99 Å². The Morgan fingerprint density at radius 1 is 1.35 bits per heavy atom. The number of nitrogens with zero attached hydrogens (tertiary/aromatic N) is 2. The maximum absolute atomic E-state index is 11.9. The lowest BCUT2D eigenvalue weighted by atomic mass is 10.1. The van der Waals surface area contributed by atoms with Gasteiger partial charge in [-0.2, -0.15) is 0 Å². The Balaban J connectivity index is 1.86. The SMILES string of the molecule is CN=C(NCc1ccc(C)cc1C)N1CCC(NC(=O)OC(C)(C)C)C1. The van der Waals surface area contributed by atoms with Gasteiger partial charge in [0.25, 0.3) is 0 Å². The van der Waals surface area contributed by atoms with E-state index in [1.54, 1.807) is 7.05 Å². The molecule has 6 nitrogen and oxygen atoms in total. The highest BCUT2D eigenvalue weighted by Gasteiger charge is 2.27. The van der Waals surface area contributed by atoms with Crippen LogP contribution in [-0.2, 0) is 11.3 Å². The number of carbonyl (C=O) groups is 1. The maximum atomic E-state index is 11.9. The van der Waals surface area contributed by atoms with Gasteiger partial charge in [-0.1, -0.05) is 23.8 Å². The summed E-state index contributed by atoms with van der Waals surface area (Å²) in [6.45, 7) is 12.2. The van der Waals surface area contributed by atoms with Crippen LogP contribution in [0.2, 0.25) is 0 Å². The fraction of sp³-hybridized carbons (Fsp3) is 0.600. The van der Waals surface area contributed by atoms with E-state index in [0.29, 0.717) is 0 Å². The molecule has 0 radical (unpaired) electrons. The number of alkyl carbamates (subject to hydrolysis) is 1. The van der Waals surface area contributed by atoms with Gasteiger partial charge in [0.15, 0.2) is 5.96 Å². The fourth-order valence-electron chi connectivity index (χ4n) is 3.10. The average molecular weight is 361 g/mol. The first-order chi connectivity index (χ1) is 12.2. The third-order valence-corrected chi connectivity index (χ3v) is 4.36. The van der Waals surface area contributed by atoms with E-state index in [2.05, 4.69) is 52.6 Å². The van der Waals surface area contributed by atoms with E-state index in [4.69, 9.17) is 4.74 Å². The van der Waals surface area contributed by atoms with Crippen molar-refractivity contribution in [3.63, 3.8) is 0 Å². The van der Waals surface area contributed by atoms with Gasteiger partial charge < -0.3 is 20.3 Å². The van der Waals surface area contributed by atoms with Crippen LogP contribution in [0.15, 0.2) is 23.2 Å². The second kappa shape index (κ2) is 8.43. The summed E-state index contributed by atoms with van der Waals surface area (Å²) in [5.41, 5.74) is 3.33. The van der Waals surface area contributed by atoms with Crippen LogP contribution < -0.4 is 10.6 Å². The molecule has 144 valence electrons. The highest BCUT2D eigenvalue weighted by Crippen LogP contribution is 2.13. The molecule has 1 atom stereocenters. The van der Waals surface area contributed by atoms with E-state index in [1.807, 2.05) is 20.8 Å².